The molecule has 0 fully saturated rings. The van der Waals surface area contributed by atoms with Gasteiger partial charge in [0.1, 0.15) is 24.2 Å². The fraction of sp³-hybridized carbons (Fsp3) is 0.188. The van der Waals surface area contributed by atoms with Gasteiger partial charge in [-0.3, -0.25) is 0 Å². The molecule has 0 amide bonds. The lowest BCUT2D eigenvalue weighted by atomic mass is 10.1. The van der Waals surface area contributed by atoms with Crippen molar-refractivity contribution in [3.63, 3.8) is 0 Å². The summed E-state index contributed by atoms with van der Waals surface area (Å²) in [7, 11) is 1.53. The summed E-state index contributed by atoms with van der Waals surface area (Å²) in [4.78, 5) is 0. The molecule has 21 heavy (non-hydrogen) atoms. The van der Waals surface area contributed by atoms with E-state index < -0.39 is 0 Å². The van der Waals surface area contributed by atoms with Crippen molar-refractivity contribution in [2.24, 2.45) is 5.73 Å². The summed E-state index contributed by atoms with van der Waals surface area (Å²) in [6.07, 6.45) is 0. The Morgan fingerprint density at radius 2 is 2.05 bits per heavy atom. The lowest BCUT2D eigenvalue weighted by molar-refractivity contribution is 0.302. The first-order valence-electron chi connectivity index (χ1n) is 6.37. The number of nitriles is 1. The lowest BCUT2D eigenvalue weighted by Crippen LogP contribution is -2.03. The van der Waals surface area contributed by atoms with E-state index in [1.165, 1.54) is 7.11 Å². The zero-order chi connectivity index (χ0) is 15.2. The van der Waals surface area contributed by atoms with Crippen molar-refractivity contribution in [3.8, 4) is 17.6 Å². The third kappa shape index (κ3) is 3.46. The first-order chi connectivity index (χ1) is 10.2. The van der Waals surface area contributed by atoms with Crippen molar-refractivity contribution in [1.82, 2.24) is 0 Å². The van der Waals surface area contributed by atoms with Crippen LogP contribution in [0, 0.1) is 11.3 Å². The van der Waals surface area contributed by atoms with Crippen LogP contribution in [0.2, 0.25) is 5.02 Å². The number of nitrogens with zero attached hydrogens (tertiary/aromatic N) is 1. The van der Waals surface area contributed by atoms with Crippen LogP contribution in [0.15, 0.2) is 36.4 Å². The molecular weight excluding hydrogens is 288 g/mol. The summed E-state index contributed by atoms with van der Waals surface area (Å²) in [5.74, 6) is 1.19. The summed E-state index contributed by atoms with van der Waals surface area (Å²) >= 11 is 6.08. The van der Waals surface area contributed by atoms with Crippen LogP contribution in [0.4, 0.5) is 0 Å². The fourth-order valence-corrected chi connectivity index (χ4v) is 2.19. The quantitative estimate of drug-likeness (QED) is 0.920. The van der Waals surface area contributed by atoms with Crippen LogP contribution in [0.25, 0.3) is 0 Å². The van der Waals surface area contributed by atoms with Crippen LogP contribution < -0.4 is 15.2 Å². The second kappa shape index (κ2) is 6.98. The lowest BCUT2D eigenvalue weighted by Gasteiger charge is -2.12. The molecule has 2 aromatic carbocycles. The molecule has 108 valence electrons. The Morgan fingerprint density at radius 3 is 2.71 bits per heavy atom. The molecule has 0 aromatic heterocycles. The monoisotopic (exact) mass is 302 g/mol. The molecule has 0 bridgehead atoms. The molecule has 0 atom stereocenters. The van der Waals surface area contributed by atoms with Gasteiger partial charge in [-0.15, -0.1) is 0 Å². The number of nitrogens with two attached hydrogens (primary N) is 1. The summed E-state index contributed by atoms with van der Waals surface area (Å²) in [5.41, 5.74) is 7.85. The molecule has 2 aromatic rings. The number of halogens is 1. The smallest absolute Gasteiger partial charge is 0.137 e. The Kier molecular flexibility index (Phi) is 5.04. The number of rotatable bonds is 5. The van der Waals surface area contributed by atoms with Gasteiger partial charge in [0.2, 0.25) is 0 Å². The molecular formula is C16H15ClN2O2. The van der Waals surface area contributed by atoms with Crippen LogP contribution in [-0.4, -0.2) is 7.11 Å². The van der Waals surface area contributed by atoms with Gasteiger partial charge in [-0.05, 0) is 29.8 Å². The Bertz CT molecular complexity index is 680. The third-order valence-corrected chi connectivity index (χ3v) is 3.41. The average Bonchev–Trinajstić information content (AvgIpc) is 2.52. The number of hydrogen-bond donors (Lipinski definition) is 1. The van der Waals surface area contributed by atoms with E-state index in [1.54, 1.807) is 18.2 Å². The highest BCUT2D eigenvalue weighted by atomic mass is 35.5. The van der Waals surface area contributed by atoms with Crippen molar-refractivity contribution < 1.29 is 9.47 Å². The Hall–Kier alpha value is -2.22. The van der Waals surface area contributed by atoms with Crippen LogP contribution in [0.5, 0.6) is 11.5 Å². The molecule has 5 heteroatoms. The highest BCUT2D eigenvalue weighted by Gasteiger charge is 2.08. The van der Waals surface area contributed by atoms with Crippen molar-refractivity contribution in [1.29, 1.82) is 5.26 Å². The Balaban J connectivity index is 2.17. The maximum Gasteiger partial charge on any atom is 0.137 e. The zero-order valence-corrected chi connectivity index (χ0v) is 12.4. The van der Waals surface area contributed by atoms with Gasteiger partial charge in [0, 0.05) is 17.1 Å². The first kappa shape index (κ1) is 15.2. The van der Waals surface area contributed by atoms with E-state index in [2.05, 4.69) is 6.07 Å². The maximum atomic E-state index is 8.96. The molecule has 0 aliphatic heterocycles. The van der Waals surface area contributed by atoms with Gasteiger partial charge in [-0.25, -0.2) is 0 Å². The fourth-order valence-electron chi connectivity index (χ4n) is 1.95. The van der Waals surface area contributed by atoms with Crippen molar-refractivity contribution in [2.75, 3.05) is 7.11 Å². The first-order valence-corrected chi connectivity index (χ1v) is 6.74. The topological polar surface area (TPSA) is 68.3 Å². The largest absolute Gasteiger partial charge is 0.495 e. The third-order valence-electron chi connectivity index (χ3n) is 3.06. The van der Waals surface area contributed by atoms with Gasteiger partial charge in [-0.2, -0.15) is 5.26 Å². The summed E-state index contributed by atoms with van der Waals surface area (Å²) < 4.78 is 10.9. The molecule has 0 heterocycles. The van der Waals surface area contributed by atoms with E-state index >= 15 is 0 Å². The zero-order valence-electron chi connectivity index (χ0n) is 11.6. The minimum atomic E-state index is 0.311. The van der Waals surface area contributed by atoms with Gasteiger partial charge in [-0.1, -0.05) is 23.7 Å². The van der Waals surface area contributed by atoms with E-state index in [9.17, 15) is 0 Å². The SMILES string of the molecule is COc1cc(COc2cccc(Cl)c2CN)ccc1C#N. The van der Waals surface area contributed by atoms with Crippen molar-refractivity contribution in [3.05, 3.63) is 58.1 Å². The van der Waals surface area contributed by atoms with E-state index in [0.29, 0.717) is 35.2 Å². The summed E-state index contributed by atoms with van der Waals surface area (Å²) in [5, 5.41) is 9.55. The highest BCUT2D eigenvalue weighted by molar-refractivity contribution is 6.31. The normalized spacial score (nSPS) is 10.0. The molecule has 0 spiro atoms. The second-order valence-electron chi connectivity index (χ2n) is 4.36. The molecule has 2 N–H and O–H groups in total. The Labute approximate surface area is 128 Å². The van der Waals surface area contributed by atoms with Crippen LogP contribution in [-0.2, 0) is 13.2 Å². The average molecular weight is 303 g/mol. The van der Waals surface area contributed by atoms with Crippen LogP contribution in [0.1, 0.15) is 16.7 Å². The number of methoxy groups -OCH3 is 1. The van der Waals surface area contributed by atoms with Gasteiger partial charge in [0.25, 0.3) is 0 Å². The Morgan fingerprint density at radius 1 is 1.24 bits per heavy atom. The molecule has 2 rings (SSSR count). The minimum Gasteiger partial charge on any atom is -0.495 e. The molecule has 4 nitrogen and oxygen atoms in total. The van der Waals surface area contributed by atoms with Crippen LogP contribution >= 0.6 is 11.6 Å². The molecule has 0 radical (unpaired) electrons. The summed E-state index contributed by atoms with van der Waals surface area (Å²) in [6, 6.07) is 12.8. The van der Waals surface area contributed by atoms with Crippen molar-refractivity contribution >= 4 is 11.6 Å². The molecule has 0 aliphatic rings. The van der Waals surface area contributed by atoms with E-state index in [4.69, 9.17) is 32.1 Å². The predicted molar refractivity (Wildman–Crippen MR) is 81.4 cm³/mol. The number of hydrogen-bond acceptors (Lipinski definition) is 4. The minimum absolute atomic E-state index is 0.311. The molecule has 0 saturated heterocycles. The van der Waals surface area contributed by atoms with Crippen molar-refractivity contribution in [2.45, 2.75) is 13.2 Å². The van der Waals surface area contributed by atoms with Gasteiger partial charge < -0.3 is 15.2 Å². The molecule has 0 unspecified atom stereocenters. The van der Waals surface area contributed by atoms with E-state index in [1.807, 2.05) is 18.2 Å². The predicted octanol–water partition coefficient (Wildman–Crippen LogP) is 3.26. The standard InChI is InChI=1S/C16H15ClN2O2/c1-20-16-7-11(5-6-12(16)8-18)10-21-15-4-2-3-14(17)13(15)9-19/h2-7H,9-10,19H2,1H3. The molecule has 0 aliphatic carbocycles. The summed E-state index contributed by atoms with van der Waals surface area (Å²) in [6.45, 7) is 0.654. The molecule has 0 saturated carbocycles. The van der Waals surface area contributed by atoms with Crippen LogP contribution in [0.3, 0.4) is 0 Å². The van der Waals surface area contributed by atoms with Gasteiger partial charge in [0.05, 0.1) is 12.7 Å². The van der Waals surface area contributed by atoms with Gasteiger partial charge >= 0.3 is 0 Å². The van der Waals surface area contributed by atoms with E-state index in [0.717, 1.165) is 11.1 Å². The second-order valence-corrected chi connectivity index (χ2v) is 4.76. The highest BCUT2D eigenvalue weighted by Crippen LogP contribution is 2.27. The maximum absolute atomic E-state index is 8.96. The number of ether oxygens (including phenoxy) is 2. The number of benzene rings is 2. The van der Waals surface area contributed by atoms with Gasteiger partial charge in [0.15, 0.2) is 0 Å². The van der Waals surface area contributed by atoms with E-state index in [-0.39, 0.29) is 0 Å².